The molecule has 0 atom stereocenters. The van der Waals surface area contributed by atoms with Crippen LogP contribution in [0.5, 0.6) is 10.9 Å². The fourth-order valence-electron chi connectivity index (χ4n) is 0.965. The van der Waals surface area contributed by atoms with Gasteiger partial charge in [-0.05, 0) is 34.7 Å². The van der Waals surface area contributed by atoms with Gasteiger partial charge in [0.05, 0.1) is 10.2 Å². The molecule has 0 aliphatic carbocycles. The van der Waals surface area contributed by atoms with Gasteiger partial charge in [-0.1, -0.05) is 28.6 Å². The van der Waals surface area contributed by atoms with Crippen LogP contribution in [0.4, 0.5) is 0 Å². The van der Waals surface area contributed by atoms with Crippen LogP contribution in [-0.4, -0.2) is 15.3 Å². The van der Waals surface area contributed by atoms with Gasteiger partial charge in [0.1, 0.15) is 10.8 Å². The van der Waals surface area contributed by atoms with Gasteiger partial charge in [0, 0.05) is 0 Å². The van der Waals surface area contributed by atoms with Gasteiger partial charge in [0.2, 0.25) is 0 Å². The lowest BCUT2D eigenvalue weighted by Gasteiger charge is -2.02. The molecule has 1 aromatic carbocycles. The molecule has 2 rings (SSSR count). The van der Waals surface area contributed by atoms with Crippen molar-refractivity contribution in [3.8, 4) is 10.9 Å². The van der Waals surface area contributed by atoms with E-state index in [1.807, 2.05) is 24.3 Å². The van der Waals surface area contributed by atoms with Gasteiger partial charge in [-0.25, -0.2) is 0 Å². The molecule has 4 nitrogen and oxygen atoms in total. The van der Waals surface area contributed by atoms with Gasteiger partial charge in [0.15, 0.2) is 0 Å². The zero-order valence-corrected chi connectivity index (χ0v) is 10.5. The summed E-state index contributed by atoms with van der Waals surface area (Å²) >= 11 is 3.42. The number of aromatic nitrogens is 2. The minimum Gasteiger partial charge on any atom is -0.429 e. The molecule has 1 heterocycles. The molecule has 6 heteroatoms. The molecule has 0 aliphatic heterocycles. The number of rotatable bonds is 3. The van der Waals surface area contributed by atoms with Gasteiger partial charge >= 0.3 is 0 Å². The third-order valence-electron chi connectivity index (χ3n) is 1.62. The molecule has 15 heavy (non-hydrogen) atoms. The Morgan fingerprint density at radius 2 is 2.13 bits per heavy atom. The van der Waals surface area contributed by atoms with E-state index in [0.29, 0.717) is 10.2 Å². The molecule has 0 amide bonds. The average molecular weight is 334 g/mol. The van der Waals surface area contributed by atoms with Crippen LogP contribution < -0.4 is 4.74 Å². The Hall–Kier alpha value is -0.730. The maximum absolute atomic E-state index is 8.82. The summed E-state index contributed by atoms with van der Waals surface area (Å²) in [6.45, 7) is -0.104. The summed E-state index contributed by atoms with van der Waals surface area (Å²) in [6, 6.07) is 7.64. The second-order valence-corrected chi connectivity index (χ2v) is 4.84. The van der Waals surface area contributed by atoms with Crippen molar-refractivity contribution in [2.75, 3.05) is 0 Å². The van der Waals surface area contributed by atoms with Gasteiger partial charge < -0.3 is 9.84 Å². The molecule has 0 spiro atoms. The van der Waals surface area contributed by atoms with E-state index in [9.17, 15) is 0 Å². The first-order chi connectivity index (χ1) is 7.29. The molecule has 0 saturated heterocycles. The molecule has 0 saturated carbocycles. The van der Waals surface area contributed by atoms with Crippen molar-refractivity contribution < 1.29 is 9.84 Å². The van der Waals surface area contributed by atoms with Crippen LogP contribution in [0.3, 0.4) is 0 Å². The summed E-state index contributed by atoms with van der Waals surface area (Å²) in [5, 5.41) is 17.4. The van der Waals surface area contributed by atoms with E-state index in [2.05, 4.69) is 32.8 Å². The van der Waals surface area contributed by atoms with E-state index >= 15 is 0 Å². The van der Waals surface area contributed by atoms with Crippen LogP contribution in [0, 0.1) is 3.57 Å². The quantitative estimate of drug-likeness (QED) is 0.876. The Kier molecular flexibility index (Phi) is 3.49. The summed E-state index contributed by atoms with van der Waals surface area (Å²) in [7, 11) is 0. The van der Waals surface area contributed by atoms with E-state index in [0.717, 1.165) is 9.32 Å². The van der Waals surface area contributed by atoms with E-state index in [-0.39, 0.29) is 6.61 Å². The normalized spacial score (nSPS) is 10.3. The molecule has 0 bridgehead atoms. The van der Waals surface area contributed by atoms with E-state index < -0.39 is 0 Å². The van der Waals surface area contributed by atoms with Crippen LogP contribution >= 0.6 is 33.9 Å². The monoisotopic (exact) mass is 334 g/mol. The highest BCUT2D eigenvalue weighted by Gasteiger charge is 2.06. The van der Waals surface area contributed by atoms with Crippen LogP contribution in [0.1, 0.15) is 5.01 Å². The van der Waals surface area contributed by atoms with E-state index in [1.165, 1.54) is 11.3 Å². The van der Waals surface area contributed by atoms with Gasteiger partial charge in [-0.2, -0.15) is 0 Å². The first-order valence-electron chi connectivity index (χ1n) is 4.15. The zero-order chi connectivity index (χ0) is 10.7. The number of aliphatic hydroxyl groups is 1. The number of hydrogen-bond acceptors (Lipinski definition) is 5. The number of benzene rings is 1. The standard InChI is InChI=1S/C9H7IN2O2S/c10-6-3-1-2-4-7(6)14-9-12-11-8(5-13)15-9/h1-4,13H,5H2. The number of ether oxygens (including phenoxy) is 1. The number of para-hydroxylation sites is 1. The predicted molar refractivity (Wildman–Crippen MR) is 65.1 cm³/mol. The third-order valence-corrected chi connectivity index (χ3v) is 3.29. The third kappa shape index (κ3) is 2.64. The van der Waals surface area contributed by atoms with Crippen LogP contribution in [0.25, 0.3) is 0 Å². The average Bonchev–Trinajstić information content (AvgIpc) is 2.69. The molecule has 0 radical (unpaired) electrons. The first kappa shape index (κ1) is 10.8. The number of aliphatic hydroxyl groups excluding tert-OH is 1. The lowest BCUT2D eigenvalue weighted by atomic mass is 10.3. The molecular formula is C9H7IN2O2S. The second kappa shape index (κ2) is 4.86. The van der Waals surface area contributed by atoms with Gasteiger partial charge in [-0.15, -0.1) is 5.10 Å². The number of nitrogens with zero attached hydrogens (tertiary/aromatic N) is 2. The van der Waals surface area contributed by atoms with Crippen molar-refractivity contribution in [1.82, 2.24) is 10.2 Å². The summed E-state index contributed by atoms with van der Waals surface area (Å²) in [5.41, 5.74) is 0. The highest BCUT2D eigenvalue weighted by molar-refractivity contribution is 14.1. The maximum Gasteiger partial charge on any atom is 0.299 e. The Bertz CT molecular complexity index is 461. The van der Waals surface area contributed by atoms with Crippen molar-refractivity contribution in [1.29, 1.82) is 0 Å². The zero-order valence-electron chi connectivity index (χ0n) is 7.55. The molecule has 0 aliphatic rings. The Balaban J connectivity index is 2.18. The van der Waals surface area contributed by atoms with Crippen LogP contribution in [0.15, 0.2) is 24.3 Å². The molecular weight excluding hydrogens is 327 g/mol. The van der Waals surface area contributed by atoms with E-state index in [1.54, 1.807) is 0 Å². The van der Waals surface area contributed by atoms with Crippen LogP contribution in [-0.2, 0) is 6.61 Å². The molecule has 2 aromatic rings. The number of halogens is 1. The van der Waals surface area contributed by atoms with E-state index in [4.69, 9.17) is 9.84 Å². The highest BCUT2D eigenvalue weighted by atomic mass is 127. The number of hydrogen-bond donors (Lipinski definition) is 1. The smallest absolute Gasteiger partial charge is 0.299 e. The van der Waals surface area contributed by atoms with Crippen molar-refractivity contribution in [2.24, 2.45) is 0 Å². The van der Waals surface area contributed by atoms with Crippen molar-refractivity contribution in [3.63, 3.8) is 0 Å². The fourth-order valence-corrected chi connectivity index (χ4v) is 2.02. The first-order valence-corrected chi connectivity index (χ1v) is 6.05. The fraction of sp³-hybridized carbons (Fsp3) is 0.111. The lowest BCUT2D eigenvalue weighted by molar-refractivity contribution is 0.280. The molecule has 0 unspecified atom stereocenters. The lowest BCUT2D eigenvalue weighted by Crippen LogP contribution is -1.85. The van der Waals surface area contributed by atoms with Gasteiger partial charge in [0.25, 0.3) is 5.19 Å². The molecule has 1 aromatic heterocycles. The van der Waals surface area contributed by atoms with Crippen LogP contribution in [0.2, 0.25) is 0 Å². The Morgan fingerprint density at radius 3 is 2.80 bits per heavy atom. The largest absolute Gasteiger partial charge is 0.429 e. The minimum atomic E-state index is -0.104. The Morgan fingerprint density at radius 1 is 1.33 bits per heavy atom. The van der Waals surface area contributed by atoms with Gasteiger partial charge in [-0.3, -0.25) is 0 Å². The highest BCUT2D eigenvalue weighted by Crippen LogP contribution is 2.28. The topological polar surface area (TPSA) is 55.2 Å². The summed E-state index contributed by atoms with van der Waals surface area (Å²) in [5.74, 6) is 0.749. The Labute approximate surface area is 104 Å². The van der Waals surface area contributed by atoms with Crippen molar-refractivity contribution >= 4 is 33.9 Å². The van der Waals surface area contributed by atoms with Crippen molar-refractivity contribution in [2.45, 2.75) is 6.61 Å². The second-order valence-electron chi connectivity index (χ2n) is 2.65. The summed E-state index contributed by atoms with van der Waals surface area (Å²) in [4.78, 5) is 0. The molecule has 78 valence electrons. The summed E-state index contributed by atoms with van der Waals surface area (Å²) in [6.07, 6.45) is 0. The molecule has 1 N–H and O–H groups in total. The minimum absolute atomic E-state index is 0.104. The van der Waals surface area contributed by atoms with Crippen molar-refractivity contribution in [3.05, 3.63) is 32.8 Å². The summed E-state index contributed by atoms with van der Waals surface area (Å²) < 4.78 is 6.53. The predicted octanol–water partition coefficient (Wildman–Crippen LogP) is 2.43. The maximum atomic E-state index is 8.82. The molecule has 0 fully saturated rings. The SMILES string of the molecule is OCc1nnc(Oc2ccccc2I)s1.